The van der Waals surface area contributed by atoms with Crippen molar-refractivity contribution in [3.05, 3.63) is 52.7 Å². The fourth-order valence-corrected chi connectivity index (χ4v) is 3.27. The van der Waals surface area contributed by atoms with E-state index in [1.165, 1.54) is 11.5 Å². The lowest BCUT2D eigenvalue weighted by molar-refractivity contribution is 0.222. The van der Waals surface area contributed by atoms with Gasteiger partial charge in [-0.3, -0.25) is 4.98 Å². The molecule has 1 unspecified atom stereocenters. The number of hydrogen-bond acceptors (Lipinski definition) is 5. The van der Waals surface area contributed by atoms with Crippen LogP contribution in [0.2, 0.25) is 0 Å². The van der Waals surface area contributed by atoms with Gasteiger partial charge < -0.3 is 5.11 Å². The molecule has 21 heavy (non-hydrogen) atoms. The van der Waals surface area contributed by atoms with Crippen LogP contribution >= 0.6 is 11.5 Å². The summed E-state index contributed by atoms with van der Waals surface area (Å²) in [4.78, 5) is 5.14. The minimum atomic E-state index is -0.730. The lowest BCUT2D eigenvalue weighted by Crippen LogP contribution is -2.16. The summed E-state index contributed by atoms with van der Waals surface area (Å²) in [5, 5.41) is 16.0. The molecule has 5 heteroatoms. The molecule has 0 aliphatic heterocycles. The Morgan fingerprint density at radius 1 is 1.14 bits per heavy atom. The third-order valence-electron chi connectivity index (χ3n) is 3.45. The minimum Gasteiger partial charge on any atom is -0.383 e. The second kappa shape index (κ2) is 5.16. The first-order valence-corrected chi connectivity index (χ1v) is 7.60. The van der Waals surface area contributed by atoms with E-state index in [2.05, 4.69) is 35.3 Å². The molecule has 0 saturated carbocycles. The van der Waals surface area contributed by atoms with E-state index in [1.54, 1.807) is 6.20 Å². The van der Waals surface area contributed by atoms with Crippen molar-refractivity contribution in [1.29, 1.82) is 0 Å². The van der Waals surface area contributed by atoms with Crippen LogP contribution in [0, 0.1) is 0 Å². The Kier molecular flexibility index (Phi) is 3.47. The summed E-state index contributed by atoms with van der Waals surface area (Å²) in [7, 11) is 0. The van der Waals surface area contributed by atoms with E-state index in [0.717, 1.165) is 27.0 Å². The van der Waals surface area contributed by atoms with Gasteiger partial charge >= 0.3 is 0 Å². The molecule has 3 aromatic rings. The zero-order valence-electron chi connectivity index (χ0n) is 12.2. The summed E-state index contributed by atoms with van der Waals surface area (Å²) in [5.74, 6) is 0. The minimum absolute atomic E-state index is 0.147. The molecule has 3 rings (SSSR count). The number of hydrogen-bond donors (Lipinski definition) is 1. The number of aliphatic hydroxyl groups is 1. The molecule has 2 heterocycles. The van der Waals surface area contributed by atoms with E-state index >= 15 is 0 Å². The van der Waals surface area contributed by atoms with Gasteiger partial charge in [0, 0.05) is 17.0 Å². The van der Waals surface area contributed by atoms with Crippen molar-refractivity contribution in [3.63, 3.8) is 0 Å². The Balaban J connectivity index is 2.14. The molecule has 0 amide bonds. The number of aromatic nitrogens is 3. The highest BCUT2D eigenvalue weighted by Gasteiger charge is 2.27. The van der Waals surface area contributed by atoms with Gasteiger partial charge in [-0.15, -0.1) is 5.10 Å². The zero-order chi connectivity index (χ0) is 15.0. The number of benzene rings is 1. The van der Waals surface area contributed by atoms with Crippen LogP contribution in [0.5, 0.6) is 0 Å². The van der Waals surface area contributed by atoms with Crippen molar-refractivity contribution in [2.45, 2.75) is 32.3 Å². The molecule has 0 saturated heterocycles. The lowest BCUT2D eigenvalue weighted by Gasteiger charge is -2.19. The third kappa shape index (κ3) is 2.54. The van der Waals surface area contributed by atoms with E-state index in [1.807, 2.05) is 30.3 Å². The Morgan fingerprint density at radius 3 is 2.71 bits per heavy atom. The first kappa shape index (κ1) is 14.1. The molecule has 0 radical (unpaired) electrons. The van der Waals surface area contributed by atoms with Crippen LogP contribution in [0.15, 0.2) is 36.5 Å². The maximum absolute atomic E-state index is 10.8. The summed E-state index contributed by atoms with van der Waals surface area (Å²) >= 11 is 1.26. The van der Waals surface area contributed by atoms with Crippen LogP contribution in [-0.2, 0) is 5.41 Å². The highest BCUT2D eigenvalue weighted by molar-refractivity contribution is 7.05. The van der Waals surface area contributed by atoms with Crippen LogP contribution in [-0.4, -0.2) is 19.7 Å². The summed E-state index contributed by atoms with van der Waals surface area (Å²) in [6, 6.07) is 9.65. The molecule has 4 nitrogen and oxygen atoms in total. The summed E-state index contributed by atoms with van der Waals surface area (Å²) in [6.45, 7) is 6.22. The molecule has 0 fully saturated rings. The Bertz CT molecular complexity index is 771. The average molecular weight is 299 g/mol. The Labute approximate surface area is 127 Å². The summed E-state index contributed by atoms with van der Waals surface area (Å²) in [6.07, 6.45) is 1.03. The predicted octanol–water partition coefficient (Wildman–Crippen LogP) is 3.47. The van der Waals surface area contributed by atoms with Crippen LogP contribution in [0.25, 0.3) is 10.9 Å². The van der Waals surface area contributed by atoms with Gasteiger partial charge in [0.05, 0.1) is 16.1 Å². The number of nitrogens with zero attached hydrogens (tertiary/aromatic N) is 3. The number of rotatable bonds is 2. The molecular weight excluding hydrogens is 282 g/mol. The standard InChI is InChI=1S/C16H17N3OS/c1-16(2,3)15-14(21-19-18-15)13(20)11-6-4-8-12-10(11)7-5-9-17-12/h4-9,13,20H,1-3H3. The zero-order valence-corrected chi connectivity index (χ0v) is 13.1. The van der Waals surface area contributed by atoms with Gasteiger partial charge in [0.1, 0.15) is 6.10 Å². The molecule has 108 valence electrons. The van der Waals surface area contributed by atoms with Gasteiger partial charge in [-0.2, -0.15) is 0 Å². The second-order valence-corrected chi connectivity index (χ2v) is 6.84. The summed E-state index contributed by atoms with van der Waals surface area (Å²) in [5.41, 5.74) is 2.42. The third-order valence-corrected chi connectivity index (χ3v) is 4.22. The maximum atomic E-state index is 10.8. The number of aliphatic hydroxyl groups excluding tert-OH is 1. The van der Waals surface area contributed by atoms with Gasteiger partial charge in [0.15, 0.2) is 0 Å². The van der Waals surface area contributed by atoms with Crippen LogP contribution < -0.4 is 0 Å². The van der Waals surface area contributed by atoms with Gasteiger partial charge in [0.2, 0.25) is 0 Å². The topological polar surface area (TPSA) is 58.9 Å². The second-order valence-electron chi connectivity index (χ2n) is 6.06. The Morgan fingerprint density at radius 2 is 1.95 bits per heavy atom. The lowest BCUT2D eigenvalue weighted by atomic mass is 9.89. The fraction of sp³-hybridized carbons (Fsp3) is 0.312. The normalized spacial score (nSPS) is 13.5. The van der Waals surface area contributed by atoms with Gasteiger partial charge in [-0.1, -0.05) is 43.5 Å². The van der Waals surface area contributed by atoms with Gasteiger partial charge in [0.25, 0.3) is 0 Å². The van der Waals surface area contributed by atoms with E-state index in [0.29, 0.717) is 0 Å². The molecule has 0 spiro atoms. The van der Waals surface area contributed by atoms with Crippen LogP contribution in [0.4, 0.5) is 0 Å². The number of pyridine rings is 1. The molecule has 0 aliphatic rings. The first-order valence-electron chi connectivity index (χ1n) is 6.83. The molecule has 1 N–H and O–H groups in total. The van der Waals surface area contributed by atoms with Crippen molar-refractivity contribution >= 4 is 22.4 Å². The monoisotopic (exact) mass is 299 g/mol. The van der Waals surface area contributed by atoms with Crippen molar-refractivity contribution < 1.29 is 5.11 Å². The van der Waals surface area contributed by atoms with Crippen LogP contribution in [0.1, 0.15) is 43.0 Å². The molecule has 1 aromatic carbocycles. The van der Waals surface area contributed by atoms with Crippen molar-refractivity contribution in [2.24, 2.45) is 0 Å². The fourth-order valence-electron chi connectivity index (χ4n) is 2.40. The quantitative estimate of drug-likeness (QED) is 0.787. The summed E-state index contributed by atoms with van der Waals surface area (Å²) < 4.78 is 4.03. The smallest absolute Gasteiger partial charge is 0.117 e. The first-order chi connectivity index (χ1) is 9.98. The van der Waals surface area contributed by atoms with Gasteiger partial charge in [-0.25, -0.2) is 0 Å². The van der Waals surface area contributed by atoms with Crippen molar-refractivity contribution in [3.8, 4) is 0 Å². The van der Waals surface area contributed by atoms with E-state index in [4.69, 9.17) is 0 Å². The van der Waals surface area contributed by atoms with E-state index in [-0.39, 0.29) is 5.41 Å². The highest BCUT2D eigenvalue weighted by atomic mass is 32.1. The van der Waals surface area contributed by atoms with Crippen molar-refractivity contribution in [2.75, 3.05) is 0 Å². The maximum Gasteiger partial charge on any atom is 0.117 e. The van der Waals surface area contributed by atoms with E-state index < -0.39 is 6.10 Å². The van der Waals surface area contributed by atoms with Crippen molar-refractivity contribution in [1.82, 2.24) is 14.6 Å². The molecule has 1 atom stereocenters. The van der Waals surface area contributed by atoms with E-state index in [9.17, 15) is 5.11 Å². The van der Waals surface area contributed by atoms with Crippen LogP contribution in [0.3, 0.4) is 0 Å². The molecule has 2 aromatic heterocycles. The number of fused-ring (bicyclic) bond motifs is 1. The predicted molar refractivity (Wildman–Crippen MR) is 84.4 cm³/mol. The SMILES string of the molecule is CC(C)(C)c1nnsc1C(O)c1cccc2ncccc12. The molecule has 0 aliphatic carbocycles. The molecule has 0 bridgehead atoms. The largest absolute Gasteiger partial charge is 0.383 e. The Hall–Kier alpha value is -1.85. The average Bonchev–Trinajstić information content (AvgIpc) is 2.95. The molecular formula is C16H17N3OS. The van der Waals surface area contributed by atoms with Gasteiger partial charge in [-0.05, 0) is 29.2 Å². The highest BCUT2D eigenvalue weighted by Crippen LogP contribution is 2.35.